The molecule has 5 heteroatoms. The van der Waals surface area contributed by atoms with Gasteiger partial charge in [-0.25, -0.2) is 0 Å². The van der Waals surface area contributed by atoms with Crippen molar-refractivity contribution in [2.24, 2.45) is 0 Å². The van der Waals surface area contributed by atoms with Crippen LogP contribution in [0.3, 0.4) is 0 Å². The smallest absolute Gasteiger partial charge is 0.255 e. The van der Waals surface area contributed by atoms with Gasteiger partial charge in [0.25, 0.3) is 5.91 Å². The third-order valence-electron chi connectivity index (χ3n) is 2.49. The van der Waals surface area contributed by atoms with Gasteiger partial charge < -0.3 is 10.4 Å². The summed E-state index contributed by atoms with van der Waals surface area (Å²) in [5.74, 6) is -0.264. The summed E-state index contributed by atoms with van der Waals surface area (Å²) < 4.78 is 0. The molecule has 1 aromatic heterocycles. The number of pyridine rings is 1. The van der Waals surface area contributed by atoms with E-state index in [4.69, 9.17) is 11.6 Å². The molecule has 0 radical (unpaired) electrons. The Balaban J connectivity index is 2.22. The molecule has 2 rings (SSSR count). The van der Waals surface area contributed by atoms with Crippen molar-refractivity contribution in [1.29, 1.82) is 0 Å². The Morgan fingerprint density at radius 2 is 2.17 bits per heavy atom. The summed E-state index contributed by atoms with van der Waals surface area (Å²) in [5.41, 5.74) is 1.51. The van der Waals surface area contributed by atoms with Crippen molar-refractivity contribution in [2.45, 2.75) is 6.92 Å². The van der Waals surface area contributed by atoms with Crippen molar-refractivity contribution in [3.63, 3.8) is 0 Å². The Bertz CT molecular complexity index is 599. The van der Waals surface area contributed by atoms with Gasteiger partial charge in [-0.1, -0.05) is 17.7 Å². The number of nitrogens with zero attached hydrogens (tertiary/aromatic N) is 1. The largest absolute Gasteiger partial charge is 0.508 e. The minimum absolute atomic E-state index is 0.0833. The number of anilines is 1. The molecule has 1 aromatic carbocycles. The highest BCUT2D eigenvalue weighted by Gasteiger charge is 2.09. The molecule has 18 heavy (non-hydrogen) atoms. The molecule has 0 aliphatic carbocycles. The molecule has 0 atom stereocenters. The third kappa shape index (κ3) is 2.60. The predicted molar refractivity (Wildman–Crippen MR) is 70.0 cm³/mol. The van der Waals surface area contributed by atoms with Crippen LogP contribution in [0, 0.1) is 6.92 Å². The zero-order valence-corrected chi connectivity index (χ0v) is 10.4. The van der Waals surface area contributed by atoms with E-state index in [0.29, 0.717) is 21.8 Å². The Morgan fingerprint density at radius 1 is 1.39 bits per heavy atom. The molecular formula is C13H11ClN2O2. The second kappa shape index (κ2) is 5.06. The van der Waals surface area contributed by atoms with Crippen molar-refractivity contribution in [1.82, 2.24) is 4.98 Å². The molecule has 0 aliphatic rings. The number of rotatable bonds is 2. The van der Waals surface area contributed by atoms with Crippen LogP contribution >= 0.6 is 11.6 Å². The lowest BCUT2D eigenvalue weighted by Crippen LogP contribution is -2.12. The van der Waals surface area contributed by atoms with Crippen LogP contribution in [0.1, 0.15) is 15.9 Å². The molecule has 0 bridgehead atoms. The third-order valence-corrected chi connectivity index (χ3v) is 2.82. The van der Waals surface area contributed by atoms with Crippen molar-refractivity contribution in [3.05, 3.63) is 52.8 Å². The van der Waals surface area contributed by atoms with Gasteiger partial charge in [-0.15, -0.1) is 0 Å². The van der Waals surface area contributed by atoms with Crippen LogP contribution < -0.4 is 5.32 Å². The molecule has 0 fully saturated rings. The van der Waals surface area contributed by atoms with Gasteiger partial charge in [0.2, 0.25) is 0 Å². The maximum absolute atomic E-state index is 11.9. The number of aromatic hydroxyl groups is 1. The fourth-order valence-corrected chi connectivity index (χ4v) is 1.57. The van der Waals surface area contributed by atoms with Gasteiger partial charge in [-0.3, -0.25) is 9.78 Å². The van der Waals surface area contributed by atoms with Crippen LogP contribution in [0.15, 0.2) is 36.7 Å². The van der Waals surface area contributed by atoms with Crippen molar-refractivity contribution in [2.75, 3.05) is 5.32 Å². The predicted octanol–water partition coefficient (Wildman–Crippen LogP) is 3.00. The number of nitrogens with one attached hydrogen (secondary N) is 1. The fourth-order valence-electron chi connectivity index (χ4n) is 1.41. The number of hydrogen-bond donors (Lipinski definition) is 2. The lowest BCUT2D eigenvalue weighted by molar-refractivity contribution is 0.102. The minimum Gasteiger partial charge on any atom is -0.508 e. The molecule has 2 N–H and O–H groups in total. The van der Waals surface area contributed by atoms with Gasteiger partial charge in [-0.2, -0.15) is 0 Å². The van der Waals surface area contributed by atoms with Gasteiger partial charge in [0.1, 0.15) is 5.75 Å². The van der Waals surface area contributed by atoms with E-state index in [0.717, 1.165) is 0 Å². The van der Waals surface area contributed by atoms with Crippen LogP contribution in [0.2, 0.25) is 5.02 Å². The van der Waals surface area contributed by atoms with Crippen molar-refractivity contribution >= 4 is 23.2 Å². The number of phenolic OH excluding ortho intramolecular Hbond substituents is 1. The molecule has 1 heterocycles. The van der Waals surface area contributed by atoms with Gasteiger partial charge in [-0.05, 0) is 30.7 Å². The number of aryl methyl sites for hydroxylation is 1. The highest BCUT2D eigenvalue weighted by atomic mass is 35.5. The molecule has 0 saturated heterocycles. The number of aromatic nitrogens is 1. The topological polar surface area (TPSA) is 62.2 Å². The quantitative estimate of drug-likeness (QED) is 0.875. The molecule has 0 unspecified atom stereocenters. The Kier molecular flexibility index (Phi) is 3.48. The highest BCUT2D eigenvalue weighted by molar-refractivity contribution is 6.33. The zero-order chi connectivity index (χ0) is 13.1. The maximum atomic E-state index is 11.9. The van der Waals surface area contributed by atoms with Crippen LogP contribution in [-0.4, -0.2) is 16.0 Å². The number of halogens is 1. The van der Waals surface area contributed by atoms with E-state index in [1.54, 1.807) is 25.1 Å². The summed E-state index contributed by atoms with van der Waals surface area (Å²) in [6.45, 7) is 1.76. The summed E-state index contributed by atoms with van der Waals surface area (Å²) in [5, 5.41) is 12.6. The van der Waals surface area contributed by atoms with E-state index in [1.807, 2.05) is 0 Å². The van der Waals surface area contributed by atoms with E-state index in [9.17, 15) is 9.90 Å². The highest BCUT2D eigenvalue weighted by Crippen LogP contribution is 2.22. The maximum Gasteiger partial charge on any atom is 0.255 e. The van der Waals surface area contributed by atoms with E-state index >= 15 is 0 Å². The second-order valence-corrected chi connectivity index (χ2v) is 4.22. The summed E-state index contributed by atoms with van der Waals surface area (Å²) in [6.07, 6.45) is 3.00. The van der Waals surface area contributed by atoms with E-state index in [1.165, 1.54) is 18.5 Å². The van der Waals surface area contributed by atoms with E-state index in [-0.39, 0.29) is 11.7 Å². The summed E-state index contributed by atoms with van der Waals surface area (Å²) >= 11 is 5.91. The number of carbonyl (C=O) groups excluding carboxylic acids is 1. The molecular weight excluding hydrogens is 252 g/mol. The van der Waals surface area contributed by atoms with Gasteiger partial charge >= 0.3 is 0 Å². The van der Waals surface area contributed by atoms with Crippen molar-refractivity contribution < 1.29 is 9.90 Å². The Labute approximate surface area is 109 Å². The first-order valence-electron chi connectivity index (χ1n) is 5.28. The average Bonchev–Trinajstić information content (AvgIpc) is 2.35. The lowest BCUT2D eigenvalue weighted by Gasteiger charge is -2.07. The number of hydrogen-bond acceptors (Lipinski definition) is 3. The Morgan fingerprint density at radius 3 is 2.83 bits per heavy atom. The zero-order valence-electron chi connectivity index (χ0n) is 9.64. The van der Waals surface area contributed by atoms with Gasteiger partial charge in [0.15, 0.2) is 0 Å². The lowest BCUT2D eigenvalue weighted by atomic mass is 10.1. The van der Waals surface area contributed by atoms with Crippen LogP contribution in [0.5, 0.6) is 5.75 Å². The molecule has 92 valence electrons. The van der Waals surface area contributed by atoms with Crippen LogP contribution in [0.4, 0.5) is 5.69 Å². The Hall–Kier alpha value is -2.07. The average molecular weight is 263 g/mol. The molecule has 0 saturated carbocycles. The fraction of sp³-hybridized carbons (Fsp3) is 0.0769. The molecule has 0 aliphatic heterocycles. The number of benzene rings is 1. The number of amides is 1. The SMILES string of the molecule is Cc1ccc(C(=O)Nc2cnccc2Cl)cc1O. The summed E-state index contributed by atoms with van der Waals surface area (Å²) in [7, 11) is 0. The monoisotopic (exact) mass is 262 g/mol. The van der Waals surface area contributed by atoms with Crippen LogP contribution in [-0.2, 0) is 0 Å². The second-order valence-electron chi connectivity index (χ2n) is 3.81. The normalized spacial score (nSPS) is 10.1. The number of phenols is 1. The van der Waals surface area contributed by atoms with Gasteiger partial charge in [0, 0.05) is 11.8 Å². The first-order valence-corrected chi connectivity index (χ1v) is 5.66. The first kappa shape index (κ1) is 12.4. The molecule has 0 spiro atoms. The standard InChI is InChI=1S/C13H11ClN2O2/c1-8-2-3-9(6-12(8)17)13(18)16-11-7-15-5-4-10(11)14/h2-7,17H,1H3,(H,16,18). The van der Waals surface area contributed by atoms with E-state index < -0.39 is 0 Å². The number of carbonyl (C=O) groups is 1. The van der Waals surface area contributed by atoms with E-state index in [2.05, 4.69) is 10.3 Å². The van der Waals surface area contributed by atoms with Crippen LogP contribution in [0.25, 0.3) is 0 Å². The van der Waals surface area contributed by atoms with Crippen molar-refractivity contribution in [3.8, 4) is 5.75 Å². The summed E-state index contributed by atoms with van der Waals surface area (Å²) in [4.78, 5) is 15.8. The van der Waals surface area contributed by atoms with Gasteiger partial charge in [0.05, 0.1) is 16.9 Å². The molecule has 4 nitrogen and oxygen atoms in total. The summed E-state index contributed by atoms with van der Waals surface area (Å²) in [6, 6.07) is 6.31. The minimum atomic E-state index is -0.347. The first-order chi connectivity index (χ1) is 8.58. The molecule has 1 amide bonds. The molecule has 2 aromatic rings.